The lowest BCUT2D eigenvalue weighted by molar-refractivity contribution is -0.145. The van der Waals surface area contributed by atoms with E-state index in [9.17, 15) is 9.18 Å². The first-order valence-electron chi connectivity index (χ1n) is 5.20. The molecule has 0 aliphatic carbocycles. The number of rotatable bonds is 4. The number of carbonyl (C=O) groups is 1. The molecule has 0 fully saturated rings. The third-order valence-electron chi connectivity index (χ3n) is 2.36. The van der Waals surface area contributed by atoms with Crippen LogP contribution in [0, 0.1) is 12.7 Å². The molecule has 0 saturated carbocycles. The van der Waals surface area contributed by atoms with E-state index < -0.39 is 12.0 Å². The van der Waals surface area contributed by atoms with Crippen molar-refractivity contribution < 1.29 is 13.9 Å². The molecule has 1 atom stereocenters. The molecule has 3 nitrogen and oxygen atoms in total. The highest BCUT2D eigenvalue weighted by Crippen LogP contribution is 2.19. The van der Waals surface area contributed by atoms with Crippen LogP contribution in [-0.2, 0) is 9.53 Å². The molecule has 1 aromatic rings. The van der Waals surface area contributed by atoms with Gasteiger partial charge >= 0.3 is 5.97 Å². The highest BCUT2D eigenvalue weighted by Gasteiger charge is 2.21. The molecule has 0 bridgehead atoms. The van der Waals surface area contributed by atoms with Crippen molar-refractivity contribution in [1.29, 1.82) is 0 Å². The van der Waals surface area contributed by atoms with Crippen molar-refractivity contribution in [2.24, 2.45) is 0 Å². The number of benzene rings is 1. The summed E-state index contributed by atoms with van der Waals surface area (Å²) >= 11 is 0. The van der Waals surface area contributed by atoms with Gasteiger partial charge in [-0.15, -0.1) is 0 Å². The quantitative estimate of drug-likeness (QED) is 0.796. The van der Waals surface area contributed by atoms with Crippen molar-refractivity contribution in [2.45, 2.75) is 19.9 Å². The van der Waals surface area contributed by atoms with E-state index >= 15 is 0 Å². The predicted molar refractivity (Wildman–Crippen MR) is 59.6 cm³/mol. The van der Waals surface area contributed by atoms with E-state index in [4.69, 9.17) is 4.74 Å². The molecule has 0 saturated heterocycles. The van der Waals surface area contributed by atoms with E-state index in [1.165, 1.54) is 12.1 Å². The van der Waals surface area contributed by atoms with Gasteiger partial charge in [-0.2, -0.15) is 0 Å². The maximum Gasteiger partial charge on any atom is 0.327 e. The summed E-state index contributed by atoms with van der Waals surface area (Å²) in [6.45, 7) is 3.88. The molecule has 1 unspecified atom stereocenters. The number of nitrogens with one attached hydrogen (secondary N) is 1. The first-order valence-corrected chi connectivity index (χ1v) is 5.20. The van der Waals surface area contributed by atoms with Crippen LogP contribution in [0.5, 0.6) is 0 Å². The fourth-order valence-corrected chi connectivity index (χ4v) is 1.55. The largest absolute Gasteiger partial charge is 0.465 e. The SMILES string of the molecule is CCOC(=O)C(NC)c1cc(F)ccc1C. The molecular weight excluding hydrogens is 209 g/mol. The number of aryl methyl sites for hydroxylation is 1. The number of ether oxygens (including phenoxy) is 1. The summed E-state index contributed by atoms with van der Waals surface area (Å²) in [6.07, 6.45) is 0. The van der Waals surface area contributed by atoms with Gasteiger partial charge in [-0.3, -0.25) is 0 Å². The summed E-state index contributed by atoms with van der Waals surface area (Å²) in [5.41, 5.74) is 1.47. The first-order chi connectivity index (χ1) is 7.60. The van der Waals surface area contributed by atoms with Crippen LogP contribution in [0.4, 0.5) is 4.39 Å². The van der Waals surface area contributed by atoms with Crippen LogP contribution in [0.3, 0.4) is 0 Å². The van der Waals surface area contributed by atoms with Gasteiger partial charge in [0.15, 0.2) is 0 Å². The van der Waals surface area contributed by atoms with Gasteiger partial charge in [-0.1, -0.05) is 6.07 Å². The lowest BCUT2D eigenvalue weighted by atomic mass is 10.0. The number of carbonyl (C=O) groups excluding carboxylic acids is 1. The minimum atomic E-state index is -0.615. The van der Waals surface area contributed by atoms with Crippen LogP contribution in [0.2, 0.25) is 0 Å². The molecule has 0 heterocycles. The molecule has 0 aliphatic rings. The van der Waals surface area contributed by atoms with Crippen LogP contribution in [0.1, 0.15) is 24.1 Å². The fourth-order valence-electron chi connectivity index (χ4n) is 1.55. The van der Waals surface area contributed by atoms with Gasteiger partial charge in [0.2, 0.25) is 0 Å². The number of hydrogen-bond acceptors (Lipinski definition) is 3. The Morgan fingerprint density at radius 2 is 2.25 bits per heavy atom. The maximum atomic E-state index is 13.1. The predicted octanol–water partition coefficient (Wildman–Crippen LogP) is 1.96. The lowest BCUT2D eigenvalue weighted by Gasteiger charge is -2.17. The van der Waals surface area contributed by atoms with Crippen molar-refractivity contribution in [1.82, 2.24) is 5.32 Å². The van der Waals surface area contributed by atoms with Crippen LogP contribution in [0.15, 0.2) is 18.2 Å². The second-order valence-electron chi connectivity index (χ2n) is 3.47. The molecule has 0 radical (unpaired) electrons. The average Bonchev–Trinajstić information content (AvgIpc) is 2.24. The van der Waals surface area contributed by atoms with E-state index in [0.29, 0.717) is 12.2 Å². The van der Waals surface area contributed by atoms with Gasteiger partial charge in [0.05, 0.1) is 6.61 Å². The molecule has 0 amide bonds. The summed E-state index contributed by atoms with van der Waals surface area (Å²) in [6, 6.07) is 3.76. The van der Waals surface area contributed by atoms with E-state index in [2.05, 4.69) is 5.32 Å². The highest BCUT2D eigenvalue weighted by atomic mass is 19.1. The Hall–Kier alpha value is -1.42. The van der Waals surface area contributed by atoms with Gasteiger partial charge in [-0.25, -0.2) is 9.18 Å². The lowest BCUT2D eigenvalue weighted by Crippen LogP contribution is -2.28. The Morgan fingerprint density at radius 1 is 1.56 bits per heavy atom. The molecule has 0 spiro atoms. The summed E-state index contributed by atoms with van der Waals surface area (Å²) in [7, 11) is 1.64. The summed E-state index contributed by atoms with van der Waals surface area (Å²) in [5, 5.41) is 2.83. The van der Waals surface area contributed by atoms with Crippen molar-refractivity contribution >= 4 is 5.97 Å². The van der Waals surface area contributed by atoms with E-state index in [1.54, 1.807) is 20.0 Å². The fraction of sp³-hybridized carbons (Fsp3) is 0.417. The second-order valence-corrected chi connectivity index (χ2v) is 3.47. The third kappa shape index (κ3) is 2.79. The van der Waals surface area contributed by atoms with Gasteiger partial charge in [-0.05, 0) is 44.2 Å². The number of likely N-dealkylation sites (N-methyl/N-ethyl adjacent to an activating group) is 1. The van der Waals surface area contributed by atoms with E-state index in [-0.39, 0.29) is 5.82 Å². The molecule has 1 N–H and O–H groups in total. The highest BCUT2D eigenvalue weighted by molar-refractivity contribution is 5.78. The molecule has 0 aliphatic heterocycles. The zero-order valence-electron chi connectivity index (χ0n) is 9.71. The minimum Gasteiger partial charge on any atom is -0.465 e. The van der Waals surface area contributed by atoms with E-state index in [0.717, 1.165) is 5.56 Å². The zero-order chi connectivity index (χ0) is 12.1. The van der Waals surface area contributed by atoms with Crippen molar-refractivity contribution in [3.63, 3.8) is 0 Å². The summed E-state index contributed by atoms with van der Waals surface area (Å²) in [5.74, 6) is -0.746. The molecule has 88 valence electrons. The van der Waals surface area contributed by atoms with Crippen molar-refractivity contribution in [2.75, 3.05) is 13.7 Å². The first kappa shape index (κ1) is 12.6. The molecule has 4 heteroatoms. The molecule has 1 aromatic carbocycles. The topological polar surface area (TPSA) is 38.3 Å². The molecular formula is C12H16FNO2. The number of esters is 1. The van der Waals surface area contributed by atoms with E-state index in [1.807, 2.05) is 6.92 Å². The standard InChI is InChI=1S/C12H16FNO2/c1-4-16-12(15)11(14-3)10-7-9(13)6-5-8(10)2/h5-7,11,14H,4H2,1-3H3. The number of halogens is 1. The minimum absolute atomic E-state index is 0.311. The Bertz CT molecular complexity index is 379. The van der Waals surface area contributed by atoms with Gasteiger partial charge in [0.1, 0.15) is 11.9 Å². The van der Waals surface area contributed by atoms with Crippen molar-refractivity contribution in [3.05, 3.63) is 35.1 Å². The molecule has 16 heavy (non-hydrogen) atoms. The average molecular weight is 225 g/mol. The monoisotopic (exact) mass is 225 g/mol. The van der Waals surface area contributed by atoms with Gasteiger partial charge < -0.3 is 10.1 Å². The smallest absolute Gasteiger partial charge is 0.327 e. The Morgan fingerprint density at radius 3 is 2.81 bits per heavy atom. The molecule has 1 rings (SSSR count). The number of hydrogen-bond donors (Lipinski definition) is 1. The van der Waals surface area contributed by atoms with Crippen molar-refractivity contribution in [3.8, 4) is 0 Å². The summed E-state index contributed by atoms with van der Waals surface area (Å²) < 4.78 is 18.0. The van der Waals surface area contributed by atoms with Gasteiger partial charge in [0, 0.05) is 0 Å². The van der Waals surface area contributed by atoms with Crippen LogP contribution >= 0.6 is 0 Å². The summed E-state index contributed by atoms with van der Waals surface area (Å²) in [4.78, 5) is 11.6. The van der Waals surface area contributed by atoms with Crippen LogP contribution < -0.4 is 5.32 Å². The normalized spacial score (nSPS) is 12.2. The Labute approximate surface area is 94.6 Å². The second kappa shape index (κ2) is 5.61. The maximum absolute atomic E-state index is 13.1. The zero-order valence-corrected chi connectivity index (χ0v) is 9.71. The molecule has 0 aromatic heterocycles. The Balaban J connectivity index is 3.03. The van der Waals surface area contributed by atoms with Crippen LogP contribution in [-0.4, -0.2) is 19.6 Å². The Kier molecular flexibility index (Phi) is 4.43. The van der Waals surface area contributed by atoms with Gasteiger partial charge in [0.25, 0.3) is 0 Å². The van der Waals surface area contributed by atoms with Crippen LogP contribution in [0.25, 0.3) is 0 Å². The third-order valence-corrected chi connectivity index (χ3v) is 2.36.